The Bertz CT molecular complexity index is 504. The Morgan fingerprint density at radius 3 is 2.58 bits per heavy atom. The Morgan fingerprint density at radius 2 is 1.89 bits per heavy atom. The quantitative estimate of drug-likeness (QED) is 0.760. The molecule has 0 spiro atoms. The highest BCUT2D eigenvalue weighted by molar-refractivity contribution is 14.1. The molecule has 0 bridgehead atoms. The molecule has 1 aromatic carbocycles. The molecule has 1 heterocycles. The van der Waals surface area contributed by atoms with E-state index in [-0.39, 0.29) is 0 Å². The van der Waals surface area contributed by atoms with Crippen LogP contribution < -0.4 is 5.32 Å². The Hall–Kier alpha value is -0.810. The van der Waals surface area contributed by atoms with Crippen LogP contribution in [-0.4, -0.2) is 12.6 Å². The molecule has 0 radical (unpaired) electrons. The molecule has 0 aliphatic carbocycles. The average molecular weight is 369 g/mol. The minimum absolute atomic E-state index is 0.454. The van der Waals surface area contributed by atoms with Crippen LogP contribution in [0.25, 0.3) is 11.3 Å². The van der Waals surface area contributed by atoms with E-state index < -0.39 is 0 Å². The average Bonchev–Trinajstić information content (AvgIpc) is 2.85. The maximum atomic E-state index is 5.92. The molecule has 1 unspecified atom stereocenters. The van der Waals surface area contributed by atoms with Crippen LogP contribution in [0.1, 0.15) is 26.0 Å². The van der Waals surface area contributed by atoms with Gasteiger partial charge >= 0.3 is 0 Å². The first-order valence-corrected chi connectivity index (χ1v) is 7.85. The van der Waals surface area contributed by atoms with Gasteiger partial charge in [-0.25, -0.2) is 0 Å². The van der Waals surface area contributed by atoms with Gasteiger partial charge in [-0.15, -0.1) is 0 Å². The summed E-state index contributed by atoms with van der Waals surface area (Å²) in [6, 6.07) is 13.0. The van der Waals surface area contributed by atoms with E-state index in [2.05, 4.69) is 78.2 Å². The number of furan rings is 1. The minimum Gasteiger partial charge on any atom is -0.461 e. The fourth-order valence-corrected chi connectivity index (χ4v) is 2.38. The summed E-state index contributed by atoms with van der Waals surface area (Å²) >= 11 is 2.31. The second-order valence-electron chi connectivity index (χ2n) is 4.83. The van der Waals surface area contributed by atoms with Crippen LogP contribution in [0.15, 0.2) is 40.8 Å². The van der Waals surface area contributed by atoms with Crippen LogP contribution in [-0.2, 0) is 6.42 Å². The summed E-state index contributed by atoms with van der Waals surface area (Å²) < 4.78 is 7.16. The largest absolute Gasteiger partial charge is 0.461 e. The van der Waals surface area contributed by atoms with E-state index >= 15 is 0 Å². The van der Waals surface area contributed by atoms with Crippen LogP contribution in [0.4, 0.5) is 0 Å². The molecule has 2 aromatic rings. The lowest BCUT2D eigenvalue weighted by Crippen LogP contribution is -2.28. The fraction of sp³-hybridized carbons (Fsp3) is 0.375. The van der Waals surface area contributed by atoms with E-state index in [0.29, 0.717) is 6.04 Å². The number of benzene rings is 1. The summed E-state index contributed by atoms with van der Waals surface area (Å²) in [5.74, 6) is 2.00. The van der Waals surface area contributed by atoms with Crippen molar-refractivity contribution >= 4 is 22.6 Å². The first-order chi connectivity index (χ1) is 9.19. The van der Waals surface area contributed by atoms with Crippen LogP contribution in [0.2, 0.25) is 0 Å². The molecule has 2 rings (SSSR count). The van der Waals surface area contributed by atoms with Gasteiger partial charge in [0.2, 0.25) is 0 Å². The van der Waals surface area contributed by atoms with Crippen molar-refractivity contribution in [3.63, 3.8) is 0 Å². The van der Waals surface area contributed by atoms with Gasteiger partial charge in [-0.2, -0.15) is 0 Å². The third kappa shape index (κ3) is 4.35. The molecular weight excluding hydrogens is 349 g/mol. The summed E-state index contributed by atoms with van der Waals surface area (Å²) in [6.45, 7) is 5.44. The van der Waals surface area contributed by atoms with Crippen molar-refractivity contribution in [1.29, 1.82) is 0 Å². The summed E-state index contributed by atoms with van der Waals surface area (Å²) in [5, 5.41) is 3.48. The lowest BCUT2D eigenvalue weighted by atomic mass is 10.2. The second-order valence-corrected chi connectivity index (χ2v) is 6.08. The molecule has 2 nitrogen and oxygen atoms in total. The smallest absolute Gasteiger partial charge is 0.134 e. The zero-order valence-corrected chi connectivity index (χ0v) is 13.6. The molecule has 0 aliphatic heterocycles. The summed E-state index contributed by atoms with van der Waals surface area (Å²) in [7, 11) is 0. The minimum atomic E-state index is 0.454. The van der Waals surface area contributed by atoms with Crippen molar-refractivity contribution in [3.05, 3.63) is 45.7 Å². The van der Waals surface area contributed by atoms with Gasteiger partial charge in [-0.05, 0) is 66.7 Å². The number of hydrogen-bond acceptors (Lipinski definition) is 2. The molecule has 19 heavy (non-hydrogen) atoms. The van der Waals surface area contributed by atoms with Gasteiger partial charge in [0.05, 0.1) is 0 Å². The van der Waals surface area contributed by atoms with Gasteiger partial charge in [0, 0.05) is 21.6 Å². The first kappa shape index (κ1) is 14.6. The standard InChI is InChI=1S/C16H20INO/c1-3-10-18-12(2)11-15-8-9-16(19-15)13-4-6-14(17)7-5-13/h4-9,12,18H,3,10-11H2,1-2H3. The van der Waals surface area contributed by atoms with E-state index in [0.717, 1.165) is 36.5 Å². The lowest BCUT2D eigenvalue weighted by molar-refractivity contribution is 0.464. The maximum Gasteiger partial charge on any atom is 0.134 e. The Labute approximate surface area is 128 Å². The zero-order valence-electron chi connectivity index (χ0n) is 11.4. The van der Waals surface area contributed by atoms with Gasteiger partial charge in [0.15, 0.2) is 0 Å². The molecule has 0 aliphatic rings. The zero-order chi connectivity index (χ0) is 13.7. The molecule has 0 saturated heterocycles. The monoisotopic (exact) mass is 369 g/mol. The summed E-state index contributed by atoms with van der Waals surface area (Å²) in [4.78, 5) is 0. The molecule has 0 fully saturated rings. The van der Waals surface area contributed by atoms with Gasteiger partial charge in [-0.1, -0.05) is 19.1 Å². The molecule has 0 amide bonds. The van der Waals surface area contributed by atoms with E-state index in [1.165, 1.54) is 3.57 Å². The highest BCUT2D eigenvalue weighted by atomic mass is 127. The molecule has 102 valence electrons. The van der Waals surface area contributed by atoms with Gasteiger partial charge in [0.25, 0.3) is 0 Å². The molecule has 1 aromatic heterocycles. The highest BCUT2D eigenvalue weighted by Gasteiger charge is 2.08. The predicted molar refractivity (Wildman–Crippen MR) is 88.3 cm³/mol. The molecular formula is C16H20INO. The van der Waals surface area contributed by atoms with Crippen molar-refractivity contribution in [2.75, 3.05) is 6.54 Å². The predicted octanol–water partition coefficient (Wildman–Crippen LogP) is 4.48. The Morgan fingerprint density at radius 1 is 1.16 bits per heavy atom. The molecule has 3 heteroatoms. The number of hydrogen-bond donors (Lipinski definition) is 1. The third-order valence-corrected chi connectivity index (χ3v) is 3.76. The van der Waals surface area contributed by atoms with E-state index in [1.54, 1.807) is 0 Å². The first-order valence-electron chi connectivity index (χ1n) is 6.77. The van der Waals surface area contributed by atoms with E-state index in [1.807, 2.05) is 0 Å². The van der Waals surface area contributed by atoms with Crippen LogP contribution in [0, 0.1) is 3.57 Å². The van der Waals surface area contributed by atoms with Crippen molar-refractivity contribution in [2.24, 2.45) is 0 Å². The van der Waals surface area contributed by atoms with Gasteiger partial charge in [0.1, 0.15) is 11.5 Å². The SMILES string of the molecule is CCCNC(C)Cc1ccc(-c2ccc(I)cc2)o1. The number of rotatable bonds is 6. The van der Waals surface area contributed by atoms with Gasteiger partial charge < -0.3 is 9.73 Å². The van der Waals surface area contributed by atoms with Crippen molar-refractivity contribution in [3.8, 4) is 11.3 Å². The van der Waals surface area contributed by atoms with Crippen LogP contribution >= 0.6 is 22.6 Å². The van der Waals surface area contributed by atoms with Crippen molar-refractivity contribution < 1.29 is 4.42 Å². The van der Waals surface area contributed by atoms with Crippen molar-refractivity contribution in [2.45, 2.75) is 32.7 Å². The molecule has 1 N–H and O–H groups in total. The third-order valence-electron chi connectivity index (χ3n) is 3.04. The summed E-state index contributed by atoms with van der Waals surface area (Å²) in [5.41, 5.74) is 1.14. The number of halogens is 1. The molecule has 1 atom stereocenters. The lowest BCUT2D eigenvalue weighted by Gasteiger charge is -2.10. The van der Waals surface area contributed by atoms with Crippen LogP contribution in [0.5, 0.6) is 0 Å². The number of nitrogens with one attached hydrogen (secondary N) is 1. The molecule has 0 saturated carbocycles. The van der Waals surface area contributed by atoms with Crippen molar-refractivity contribution in [1.82, 2.24) is 5.32 Å². The maximum absolute atomic E-state index is 5.92. The topological polar surface area (TPSA) is 25.2 Å². The Balaban J connectivity index is 2.00. The Kier molecular flexibility index (Phi) is 5.45. The van der Waals surface area contributed by atoms with E-state index in [9.17, 15) is 0 Å². The van der Waals surface area contributed by atoms with Crippen LogP contribution in [0.3, 0.4) is 0 Å². The van der Waals surface area contributed by atoms with Gasteiger partial charge in [-0.3, -0.25) is 0 Å². The fourth-order valence-electron chi connectivity index (χ4n) is 2.02. The normalized spacial score (nSPS) is 12.6. The summed E-state index contributed by atoms with van der Waals surface area (Å²) in [6.07, 6.45) is 2.10. The second kappa shape index (κ2) is 7.10. The van der Waals surface area contributed by atoms with E-state index in [4.69, 9.17) is 4.42 Å². The highest BCUT2D eigenvalue weighted by Crippen LogP contribution is 2.23.